The number of amides is 2. The van der Waals surface area contributed by atoms with Crippen molar-refractivity contribution < 1.29 is 18.5 Å². The topological polar surface area (TPSA) is 102 Å². The van der Waals surface area contributed by atoms with Crippen LogP contribution in [0, 0.1) is 12.7 Å². The summed E-state index contributed by atoms with van der Waals surface area (Å²) < 4.78 is 20.2. The molecule has 29 heavy (non-hydrogen) atoms. The number of carbonyl (C=O) groups is 2. The van der Waals surface area contributed by atoms with E-state index in [4.69, 9.17) is 4.52 Å². The van der Waals surface area contributed by atoms with E-state index in [1.54, 1.807) is 55.6 Å². The Labute approximate surface area is 164 Å². The average Bonchev–Trinajstić information content (AvgIpc) is 3.30. The molecule has 3 aromatic heterocycles. The SMILES string of the molecule is Cc1cc(NC(=O)c2nc(C(=O)NCc3ccccc3F)n3ccccc23)no1. The number of nitrogens with one attached hydrogen (secondary N) is 2. The summed E-state index contributed by atoms with van der Waals surface area (Å²) in [5.74, 6) is -0.679. The van der Waals surface area contributed by atoms with E-state index in [1.165, 1.54) is 10.5 Å². The first-order valence-electron chi connectivity index (χ1n) is 8.76. The van der Waals surface area contributed by atoms with Crippen molar-refractivity contribution in [2.45, 2.75) is 13.5 Å². The van der Waals surface area contributed by atoms with Gasteiger partial charge in [-0.1, -0.05) is 29.4 Å². The Kier molecular flexibility index (Phi) is 4.78. The second-order valence-electron chi connectivity index (χ2n) is 6.29. The van der Waals surface area contributed by atoms with Crippen molar-refractivity contribution in [1.82, 2.24) is 19.9 Å². The molecule has 1 aromatic carbocycles. The maximum Gasteiger partial charge on any atom is 0.287 e. The van der Waals surface area contributed by atoms with Gasteiger partial charge in [0, 0.05) is 24.4 Å². The lowest BCUT2D eigenvalue weighted by Crippen LogP contribution is -2.25. The van der Waals surface area contributed by atoms with Crippen molar-refractivity contribution in [3.05, 3.63) is 83.4 Å². The van der Waals surface area contributed by atoms with Crippen LogP contribution in [0.25, 0.3) is 5.52 Å². The summed E-state index contributed by atoms with van der Waals surface area (Å²) in [6.07, 6.45) is 1.62. The number of benzene rings is 1. The molecule has 0 radical (unpaired) electrons. The summed E-state index contributed by atoms with van der Waals surface area (Å²) >= 11 is 0. The van der Waals surface area contributed by atoms with Crippen LogP contribution in [-0.4, -0.2) is 26.4 Å². The van der Waals surface area contributed by atoms with Crippen LogP contribution in [0.2, 0.25) is 0 Å². The second kappa shape index (κ2) is 7.55. The number of nitrogens with zero attached hydrogens (tertiary/aromatic N) is 3. The minimum Gasteiger partial charge on any atom is -0.360 e. The van der Waals surface area contributed by atoms with Crippen molar-refractivity contribution in [2.75, 3.05) is 5.32 Å². The quantitative estimate of drug-likeness (QED) is 0.543. The largest absolute Gasteiger partial charge is 0.360 e. The molecule has 2 N–H and O–H groups in total. The molecule has 8 nitrogen and oxygen atoms in total. The summed E-state index contributed by atoms with van der Waals surface area (Å²) in [6.45, 7) is 1.69. The van der Waals surface area contributed by atoms with Crippen LogP contribution < -0.4 is 10.6 Å². The standard InChI is InChI=1S/C20H16FN5O3/c1-12-10-16(25-29-12)23-19(27)17-15-8-4-5-9-26(15)18(24-17)20(28)22-11-13-6-2-3-7-14(13)21/h2-10H,11H2,1H3,(H,22,28)(H,23,25,27). The Hall–Kier alpha value is -4.01. The number of aryl methyl sites for hydroxylation is 1. The maximum absolute atomic E-state index is 13.8. The molecule has 9 heteroatoms. The fourth-order valence-electron chi connectivity index (χ4n) is 2.86. The predicted molar refractivity (Wildman–Crippen MR) is 102 cm³/mol. The van der Waals surface area contributed by atoms with Crippen molar-refractivity contribution in [3.8, 4) is 0 Å². The number of anilines is 1. The zero-order chi connectivity index (χ0) is 20.4. The highest BCUT2D eigenvalue weighted by Gasteiger charge is 2.22. The van der Waals surface area contributed by atoms with E-state index in [9.17, 15) is 14.0 Å². The lowest BCUT2D eigenvalue weighted by molar-refractivity contribution is 0.0939. The highest BCUT2D eigenvalue weighted by molar-refractivity contribution is 6.08. The first-order valence-corrected chi connectivity index (χ1v) is 8.76. The zero-order valence-corrected chi connectivity index (χ0v) is 15.3. The molecule has 4 aromatic rings. The lowest BCUT2D eigenvalue weighted by atomic mass is 10.2. The van der Waals surface area contributed by atoms with Crippen molar-refractivity contribution in [1.29, 1.82) is 0 Å². The number of rotatable bonds is 5. The molecule has 0 saturated carbocycles. The monoisotopic (exact) mass is 393 g/mol. The summed E-state index contributed by atoms with van der Waals surface area (Å²) in [6, 6.07) is 12.8. The van der Waals surface area contributed by atoms with Crippen molar-refractivity contribution in [3.63, 3.8) is 0 Å². The second-order valence-corrected chi connectivity index (χ2v) is 6.29. The van der Waals surface area contributed by atoms with Gasteiger partial charge in [-0.25, -0.2) is 9.37 Å². The van der Waals surface area contributed by atoms with E-state index in [0.29, 0.717) is 16.8 Å². The molecule has 2 amide bonds. The number of carbonyl (C=O) groups excluding carboxylic acids is 2. The van der Waals surface area contributed by atoms with Gasteiger partial charge in [0.1, 0.15) is 11.6 Å². The first-order chi connectivity index (χ1) is 14.0. The number of fused-ring (bicyclic) bond motifs is 1. The Bertz CT molecular complexity index is 1210. The van der Waals surface area contributed by atoms with E-state index >= 15 is 0 Å². The third-order valence-electron chi connectivity index (χ3n) is 4.23. The number of halogens is 1. The first kappa shape index (κ1) is 18.4. The van der Waals surface area contributed by atoms with Gasteiger partial charge >= 0.3 is 0 Å². The number of imidazole rings is 1. The summed E-state index contributed by atoms with van der Waals surface area (Å²) in [4.78, 5) is 29.5. The third-order valence-corrected chi connectivity index (χ3v) is 4.23. The molecule has 0 aliphatic carbocycles. The molecular weight excluding hydrogens is 377 g/mol. The fourth-order valence-corrected chi connectivity index (χ4v) is 2.86. The minimum absolute atomic E-state index is 0.00694. The van der Waals surface area contributed by atoms with E-state index in [2.05, 4.69) is 20.8 Å². The highest BCUT2D eigenvalue weighted by Crippen LogP contribution is 2.16. The number of pyridine rings is 1. The molecule has 0 atom stereocenters. The van der Waals surface area contributed by atoms with E-state index in [-0.39, 0.29) is 23.9 Å². The Morgan fingerprint density at radius 2 is 1.93 bits per heavy atom. The van der Waals surface area contributed by atoms with Crippen LogP contribution in [0.4, 0.5) is 10.2 Å². The van der Waals surface area contributed by atoms with Crippen LogP contribution in [-0.2, 0) is 6.54 Å². The van der Waals surface area contributed by atoms with Gasteiger partial charge in [0.25, 0.3) is 11.8 Å². The predicted octanol–water partition coefficient (Wildman–Crippen LogP) is 2.95. The van der Waals surface area contributed by atoms with Crippen LogP contribution >= 0.6 is 0 Å². The Morgan fingerprint density at radius 1 is 1.14 bits per heavy atom. The Morgan fingerprint density at radius 3 is 2.69 bits per heavy atom. The smallest absolute Gasteiger partial charge is 0.287 e. The van der Waals surface area contributed by atoms with Crippen molar-refractivity contribution >= 4 is 23.1 Å². The molecule has 0 bridgehead atoms. The van der Waals surface area contributed by atoms with Gasteiger partial charge in [-0.15, -0.1) is 0 Å². The zero-order valence-electron chi connectivity index (χ0n) is 15.3. The van der Waals surface area contributed by atoms with Crippen LogP contribution in [0.15, 0.2) is 59.3 Å². The molecular formula is C20H16FN5O3. The van der Waals surface area contributed by atoms with Gasteiger partial charge < -0.3 is 15.2 Å². The van der Waals surface area contributed by atoms with E-state index in [1.807, 2.05) is 0 Å². The van der Waals surface area contributed by atoms with E-state index < -0.39 is 17.6 Å². The van der Waals surface area contributed by atoms with Gasteiger partial charge in [-0.05, 0) is 25.1 Å². The fraction of sp³-hybridized carbons (Fsp3) is 0.100. The van der Waals surface area contributed by atoms with Gasteiger partial charge in [-0.3, -0.25) is 14.0 Å². The lowest BCUT2D eigenvalue weighted by Gasteiger charge is -2.05. The van der Waals surface area contributed by atoms with Gasteiger partial charge in [0.2, 0.25) is 5.82 Å². The Balaban J connectivity index is 1.60. The van der Waals surface area contributed by atoms with Crippen molar-refractivity contribution in [2.24, 2.45) is 0 Å². The molecule has 0 unspecified atom stereocenters. The molecule has 0 spiro atoms. The van der Waals surface area contributed by atoms with Crippen LogP contribution in [0.3, 0.4) is 0 Å². The van der Waals surface area contributed by atoms with E-state index in [0.717, 1.165) is 0 Å². The molecule has 4 rings (SSSR count). The van der Waals surface area contributed by atoms with Gasteiger partial charge in [-0.2, -0.15) is 0 Å². The number of aromatic nitrogens is 3. The third kappa shape index (κ3) is 3.70. The molecule has 0 aliphatic heterocycles. The minimum atomic E-state index is -0.536. The number of hydrogen-bond acceptors (Lipinski definition) is 5. The van der Waals surface area contributed by atoms with Crippen LogP contribution in [0.5, 0.6) is 0 Å². The molecule has 3 heterocycles. The maximum atomic E-state index is 13.8. The normalized spacial score (nSPS) is 10.8. The molecule has 0 aliphatic rings. The van der Waals surface area contributed by atoms with Gasteiger partial charge in [0.15, 0.2) is 11.5 Å². The average molecular weight is 393 g/mol. The highest BCUT2D eigenvalue weighted by atomic mass is 19.1. The molecule has 0 saturated heterocycles. The molecule has 146 valence electrons. The summed E-state index contributed by atoms with van der Waals surface area (Å²) in [7, 11) is 0. The summed E-state index contributed by atoms with van der Waals surface area (Å²) in [5, 5.41) is 8.94. The summed E-state index contributed by atoms with van der Waals surface area (Å²) in [5.41, 5.74) is 0.852. The van der Waals surface area contributed by atoms with Crippen LogP contribution in [0.1, 0.15) is 32.4 Å². The molecule has 0 fully saturated rings. The number of hydrogen-bond donors (Lipinski definition) is 2. The van der Waals surface area contributed by atoms with Gasteiger partial charge in [0.05, 0.1) is 5.52 Å².